The standard InChI is InChI=1S/C12H16FN5/c1-5-18-10(6-7(2)17-18)12-14-11(15-16-12)8(3)9(4)13/h6H,5H2,1-4H3,(H,14,15,16)/b9-8-. The van der Waals surface area contributed by atoms with Crippen LogP contribution in [0, 0.1) is 6.92 Å². The molecule has 2 rings (SSSR count). The molecule has 5 nitrogen and oxygen atoms in total. The molecule has 2 aromatic rings. The number of aromatic amines is 1. The van der Waals surface area contributed by atoms with Gasteiger partial charge in [0.25, 0.3) is 0 Å². The number of nitrogens with one attached hydrogen (secondary N) is 1. The van der Waals surface area contributed by atoms with Gasteiger partial charge in [-0.15, -0.1) is 0 Å². The highest BCUT2D eigenvalue weighted by Gasteiger charge is 2.13. The second kappa shape index (κ2) is 4.72. The van der Waals surface area contributed by atoms with Gasteiger partial charge in [0.05, 0.1) is 5.69 Å². The Morgan fingerprint density at radius 1 is 1.44 bits per heavy atom. The van der Waals surface area contributed by atoms with E-state index in [2.05, 4.69) is 20.3 Å². The van der Waals surface area contributed by atoms with E-state index >= 15 is 0 Å². The fourth-order valence-corrected chi connectivity index (χ4v) is 1.67. The molecule has 0 aliphatic heterocycles. The molecule has 0 aromatic carbocycles. The Labute approximate surface area is 105 Å². The van der Waals surface area contributed by atoms with Gasteiger partial charge in [0.2, 0.25) is 0 Å². The first-order valence-corrected chi connectivity index (χ1v) is 5.83. The number of H-pyrrole nitrogens is 1. The van der Waals surface area contributed by atoms with E-state index < -0.39 is 0 Å². The lowest BCUT2D eigenvalue weighted by Crippen LogP contribution is -2.00. The van der Waals surface area contributed by atoms with Crippen molar-refractivity contribution >= 4 is 5.57 Å². The summed E-state index contributed by atoms with van der Waals surface area (Å²) in [5.41, 5.74) is 2.21. The van der Waals surface area contributed by atoms with E-state index in [1.807, 2.05) is 24.6 Å². The van der Waals surface area contributed by atoms with Crippen LogP contribution in [0.15, 0.2) is 11.9 Å². The van der Waals surface area contributed by atoms with Crippen molar-refractivity contribution in [3.63, 3.8) is 0 Å². The van der Waals surface area contributed by atoms with Crippen molar-refractivity contribution in [3.05, 3.63) is 23.4 Å². The van der Waals surface area contributed by atoms with Crippen LogP contribution in [0.5, 0.6) is 0 Å². The Morgan fingerprint density at radius 3 is 2.78 bits per heavy atom. The third-order valence-electron chi connectivity index (χ3n) is 2.79. The highest BCUT2D eigenvalue weighted by Crippen LogP contribution is 2.20. The molecule has 96 valence electrons. The minimum absolute atomic E-state index is 0.266. The number of aryl methyl sites for hydroxylation is 2. The molecule has 6 heteroatoms. The molecule has 2 aromatic heterocycles. The molecule has 0 aliphatic carbocycles. The van der Waals surface area contributed by atoms with E-state index in [-0.39, 0.29) is 5.83 Å². The Bertz CT molecular complexity index is 589. The molecule has 0 atom stereocenters. The van der Waals surface area contributed by atoms with Crippen LogP contribution in [0.2, 0.25) is 0 Å². The number of hydrogen-bond donors (Lipinski definition) is 1. The highest BCUT2D eigenvalue weighted by molar-refractivity contribution is 5.61. The molecule has 0 amide bonds. The predicted octanol–water partition coefficient (Wildman–Crippen LogP) is 2.72. The topological polar surface area (TPSA) is 59.4 Å². The average Bonchev–Trinajstić information content (AvgIpc) is 2.93. The number of nitrogens with zero attached hydrogens (tertiary/aromatic N) is 4. The van der Waals surface area contributed by atoms with Gasteiger partial charge < -0.3 is 0 Å². The van der Waals surface area contributed by atoms with Gasteiger partial charge >= 0.3 is 0 Å². The summed E-state index contributed by atoms with van der Waals surface area (Å²) in [5.74, 6) is 0.720. The van der Waals surface area contributed by atoms with Crippen LogP contribution in [0.1, 0.15) is 32.3 Å². The maximum Gasteiger partial charge on any atom is 0.199 e. The van der Waals surface area contributed by atoms with E-state index in [1.165, 1.54) is 6.92 Å². The maximum absolute atomic E-state index is 13.1. The molecule has 0 fully saturated rings. The summed E-state index contributed by atoms with van der Waals surface area (Å²) < 4.78 is 14.9. The number of hydrogen-bond acceptors (Lipinski definition) is 3. The summed E-state index contributed by atoms with van der Waals surface area (Å²) in [6.45, 7) is 7.73. The van der Waals surface area contributed by atoms with Crippen molar-refractivity contribution < 1.29 is 4.39 Å². The summed E-state index contributed by atoms with van der Waals surface area (Å²) in [4.78, 5) is 4.30. The average molecular weight is 249 g/mol. The largest absolute Gasteiger partial charge is 0.262 e. The molecule has 18 heavy (non-hydrogen) atoms. The lowest BCUT2D eigenvalue weighted by molar-refractivity contribution is 0.642. The van der Waals surface area contributed by atoms with Crippen molar-refractivity contribution in [1.29, 1.82) is 0 Å². The second-order valence-electron chi connectivity index (χ2n) is 4.15. The number of allylic oxidation sites excluding steroid dienone is 2. The SMILES string of the molecule is CCn1nc(C)cc1-c1n[nH]c(/C(C)=C(/C)F)n1. The molecule has 2 heterocycles. The van der Waals surface area contributed by atoms with Crippen LogP contribution in [0.4, 0.5) is 4.39 Å². The first kappa shape index (κ1) is 12.5. The van der Waals surface area contributed by atoms with E-state index in [0.717, 1.165) is 17.9 Å². The summed E-state index contributed by atoms with van der Waals surface area (Å²) in [6.07, 6.45) is 0. The van der Waals surface area contributed by atoms with Crippen molar-refractivity contribution in [3.8, 4) is 11.5 Å². The Hall–Kier alpha value is -1.98. The summed E-state index contributed by atoms with van der Waals surface area (Å²) in [7, 11) is 0. The van der Waals surface area contributed by atoms with Crippen LogP contribution >= 0.6 is 0 Å². The van der Waals surface area contributed by atoms with Crippen molar-refractivity contribution in [2.75, 3.05) is 0 Å². The molecule has 1 N–H and O–H groups in total. The van der Waals surface area contributed by atoms with Gasteiger partial charge in [-0.05, 0) is 33.8 Å². The summed E-state index contributed by atoms with van der Waals surface area (Å²) in [5, 5.41) is 11.2. The number of rotatable bonds is 3. The fourth-order valence-electron chi connectivity index (χ4n) is 1.67. The highest BCUT2D eigenvalue weighted by atomic mass is 19.1. The van der Waals surface area contributed by atoms with Gasteiger partial charge in [0, 0.05) is 12.1 Å². The summed E-state index contributed by atoms with van der Waals surface area (Å²) >= 11 is 0. The molecule has 0 aliphatic rings. The van der Waals surface area contributed by atoms with Crippen molar-refractivity contribution in [2.45, 2.75) is 34.2 Å². The molecule has 0 saturated heterocycles. The van der Waals surface area contributed by atoms with Gasteiger partial charge in [-0.2, -0.15) is 10.2 Å². The lowest BCUT2D eigenvalue weighted by atomic mass is 10.2. The van der Waals surface area contributed by atoms with Crippen molar-refractivity contribution in [2.24, 2.45) is 0 Å². The minimum atomic E-state index is -0.266. The van der Waals surface area contributed by atoms with Gasteiger partial charge in [-0.1, -0.05) is 0 Å². The lowest BCUT2D eigenvalue weighted by Gasteiger charge is -1.99. The molecule has 0 bridgehead atoms. The number of aromatic nitrogens is 5. The quantitative estimate of drug-likeness (QED) is 0.909. The van der Waals surface area contributed by atoms with Gasteiger partial charge in [-0.25, -0.2) is 9.37 Å². The van der Waals surface area contributed by atoms with Crippen LogP contribution in [-0.4, -0.2) is 25.0 Å². The van der Waals surface area contributed by atoms with Crippen molar-refractivity contribution in [1.82, 2.24) is 25.0 Å². The van der Waals surface area contributed by atoms with E-state index in [4.69, 9.17) is 0 Å². The molecule has 0 unspecified atom stereocenters. The Balaban J connectivity index is 2.44. The predicted molar refractivity (Wildman–Crippen MR) is 67.4 cm³/mol. The van der Waals surface area contributed by atoms with E-state index in [0.29, 0.717) is 17.2 Å². The number of halogens is 1. The zero-order valence-electron chi connectivity index (χ0n) is 11.0. The third kappa shape index (κ3) is 2.18. The van der Waals surface area contributed by atoms with Crippen LogP contribution in [0.25, 0.3) is 17.1 Å². The first-order valence-electron chi connectivity index (χ1n) is 5.83. The van der Waals surface area contributed by atoms with E-state index in [1.54, 1.807) is 6.92 Å². The third-order valence-corrected chi connectivity index (χ3v) is 2.79. The monoisotopic (exact) mass is 249 g/mol. The zero-order valence-corrected chi connectivity index (χ0v) is 11.0. The van der Waals surface area contributed by atoms with Gasteiger partial charge in [0.1, 0.15) is 11.5 Å². The minimum Gasteiger partial charge on any atom is -0.262 e. The van der Waals surface area contributed by atoms with E-state index in [9.17, 15) is 4.39 Å². The molecule has 0 radical (unpaired) electrons. The Morgan fingerprint density at radius 2 is 2.17 bits per heavy atom. The molecule has 0 spiro atoms. The second-order valence-corrected chi connectivity index (χ2v) is 4.15. The molecule has 0 saturated carbocycles. The maximum atomic E-state index is 13.1. The fraction of sp³-hybridized carbons (Fsp3) is 0.417. The van der Waals surface area contributed by atoms with Gasteiger partial charge in [-0.3, -0.25) is 9.78 Å². The molecular weight excluding hydrogens is 233 g/mol. The van der Waals surface area contributed by atoms with Crippen LogP contribution in [-0.2, 0) is 6.54 Å². The van der Waals surface area contributed by atoms with Gasteiger partial charge in [0.15, 0.2) is 11.6 Å². The Kier molecular flexibility index (Phi) is 3.27. The van der Waals surface area contributed by atoms with Crippen LogP contribution in [0.3, 0.4) is 0 Å². The van der Waals surface area contributed by atoms with Crippen LogP contribution < -0.4 is 0 Å². The zero-order chi connectivity index (χ0) is 13.3. The molecular formula is C12H16FN5. The first-order chi connectivity index (χ1) is 8.52. The normalized spacial score (nSPS) is 12.7. The summed E-state index contributed by atoms with van der Waals surface area (Å²) in [6, 6.07) is 1.91. The smallest absolute Gasteiger partial charge is 0.199 e.